The minimum atomic E-state index is -1.49. The van der Waals surface area contributed by atoms with Gasteiger partial charge in [-0.1, -0.05) is 24.3 Å². The molecule has 0 aliphatic rings. The van der Waals surface area contributed by atoms with Crippen molar-refractivity contribution in [3.05, 3.63) is 110 Å². The zero-order valence-electron chi connectivity index (χ0n) is 18.8. The molecule has 0 spiro atoms. The van der Waals surface area contributed by atoms with Gasteiger partial charge in [-0.25, -0.2) is 10.4 Å². The molecule has 0 saturated carbocycles. The van der Waals surface area contributed by atoms with Gasteiger partial charge in [0.1, 0.15) is 11.8 Å². The molecule has 2 aromatic carbocycles. The van der Waals surface area contributed by atoms with Gasteiger partial charge in [-0.2, -0.15) is 5.10 Å². The van der Waals surface area contributed by atoms with Crippen LogP contribution in [0.4, 0.5) is 5.69 Å². The maximum absolute atomic E-state index is 12.9. The Kier molecular flexibility index (Phi) is 6.90. The fourth-order valence-corrected chi connectivity index (χ4v) is 3.40. The number of H-pyrrole nitrogens is 1. The van der Waals surface area contributed by atoms with Crippen molar-refractivity contribution >= 4 is 28.3 Å². The molecule has 12 nitrogen and oxygen atoms in total. The minimum Gasteiger partial charge on any atom is -0.389 e. The smallest absolute Gasteiger partial charge is 0.276 e. The van der Waals surface area contributed by atoms with Gasteiger partial charge in [0.15, 0.2) is 5.69 Å². The lowest BCUT2D eigenvalue weighted by molar-refractivity contribution is -0.384. The first-order chi connectivity index (χ1) is 17.2. The summed E-state index contributed by atoms with van der Waals surface area (Å²) in [6.07, 6.45) is 0.632. The predicted octanol–water partition coefficient (Wildman–Crippen LogP) is 2.15. The van der Waals surface area contributed by atoms with Gasteiger partial charge in [-0.05, 0) is 36.2 Å². The molecular formula is C24H20N6O6. The highest BCUT2D eigenvalue weighted by Crippen LogP contribution is 2.22. The van der Waals surface area contributed by atoms with Gasteiger partial charge in [-0.3, -0.25) is 24.7 Å². The Morgan fingerprint density at radius 1 is 1.08 bits per heavy atom. The van der Waals surface area contributed by atoms with Gasteiger partial charge < -0.3 is 15.2 Å². The van der Waals surface area contributed by atoms with Crippen LogP contribution in [0.3, 0.4) is 0 Å². The zero-order valence-corrected chi connectivity index (χ0v) is 18.8. The van der Waals surface area contributed by atoms with E-state index in [1.165, 1.54) is 42.7 Å². The number of aromatic amines is 1. The fraction of sp³-hybridized carbons (Fsp3) is 0.125. The van der Waals surface area contributed by atoms with Crippen LogP contribution in [0, 0.1) is 10.1 Å². The molecule has 2 heterocycles. The van der Waals surface area contributed by atoms with E-state index >= 15 is 0 Å². The minimum absolute atomic E-state index is 0.119. The van der Waals surface area contributed by atoms with Gasteiger partial charge in [0, 0.05) is 30.1 Å². The second kappa shape index (κ2) is 10.2. The molecule has 12 heteroatoms. The average Bonchev–Trinajstić information content (AvgIpc) is 2.88. The number of aliphatic hydroxyl groups is 2. The number of hydrogen-bond acceptors (Lipinski definition) is 9. The van der Waals surface area contributed by atoms with E-state index in [1.54, 1.807) is 31.2 Å². The van der Waals surface area contributed by atoms with Crippen LogP contribution in [0.1, 0.15) is 46.3 Å². The van der Waals surface area contributed by atoms with E-state index < -0.39 is 28.6 Å². The second-order valence-electron chi connectivity index (χ2n) is 7.79. The van der Waals surface area contributed by atoms with Gasteiger partial charge in [0.05, 0.1) is 22.1 Å². The molecule has 2 atom stereocenters. The SMILES string of the molecule is CC(O)c1ccc(C(O)C(=NNC(=O)c2ccncc2)c2nc3ccc([N+](=O)[O-])cc3[nH]c2=O)cc1. The highest BCUT2D eigenvalue weighted by molar-refractivity contribution is 6.04. The number of nitro groups is 1. The van der Waals surface area contributed by atoms with Gasteiger partial charge in [0.25, 0.3) is 17.2 Å². The number of non-ortho nitro benzene ring substituents is 1. The summed E-state index contributed by atoms with van der Waals surface area (Å²) in [6, 6.07) is 13.0. The first kappa shape index (κ1) is 24.3. The normalized spacial score (nSPS) is 13.2. The van der Waals surface area contributed by atoms with Crippen molar-refractivity contribution in [3.63, 3.8) is 0 Å². The van der Waals surface area contributed by atoms with E-state index in [0.717, 1.165) is 0 Å². The van der Waals surface area contributed by atoms with Gasteiger partial charge >= 0.3 is 0 Å². The van der Waals surface area contributed by atoms with Crippen LogP contribution < -0.4 is 11.0 Å². The third-order valence-corrected chi connectivity index (χ3v) is 5.34. The van der Waals surface area contributed by atoms with Crippen molar-refractivity contribution in [3.8, 4) is 0 Å². The molecule has 4 rings (SSSR count). The first-order valence-electron chi connectivity index (χ1n) is 10.7. The molecule has 36 heavy (non-hydrogen) atoms. The summed E-state index contributed by atoms with van der Waals surface area (Å²) in [4.78, 5) is 46.5. The molecule has 0 saturated heterocycles. The summed E-state index contributed by atoms with van der Waals surface area (Å²) in [7, 11) is 0. The van der Waals surface area contributed by atoms with Crippen molar-refractivity contribution < 1.29 is 19.9 Å². The molecule has 0 radical (unpaired) electrons. The lowest BCUT2D eigenvalue weighted by Crippen LogP contribution is -2.29. The molecule has 0 aliphatic heterocycles. The lowest BCUT2D eigenvalue weighted by Gasteiger charge is -2.15. The number of fused-ring (bicyclic) bond motifs is 1. The second-order valence-corrected chi connectivity index (χ2v) is 7.79. The number of nitro benzene ring substituents is 1. The van der Waals surface area contributed by atoms with Gasteiger partial charge in [-0.15, -0.1) is 0 Å². The number of aromatic nitrogens is 3. The summed E-state index contributed by atoms with van der Waals surface area (Å²) in [5.74, 6) is -0.612. The maximum atomic E-state index is 12.9. The largest absolute Gasteiger partial charge is 0.389 e. The van der Waals surface area contributed by atoms with E-state index in [0.29, 0.717) is 11.1 Å². The van der Waals surface area contributed by atoms with E-state index in [-0.39, 0.29) is 33.7 Å². The third-order valence-electron chi connectivity index (χ3n) is 5.34. The average molecular weight is 488 g/mol. The summed E-state index contributed by atoms with van der Waals surface area (Å²) in [5, 5.41) is 36.0. The zero-order chi connectivity index (χ0) is 25.8. The maximum Gasteiger partial charge on any atom is 0.276 e. The van der Waals surface area contributed by atoms with E-state index in [4.69, 9.17) is 0 Å². The number of benzene rings is 2. The summed E-state index contributed by atoms with van der Waals surface area (Å²) in [6.45, 7) is 1.59. The van der Waals surface area contributed by atoms with E-state index in [9.17, 15) is 29.9 Å². The van der Waals surface area contributed by atoms with Gasteiger partial charge in [0.2, 0.25) is 0 Å². The lowest BCUT2D eigenvalue weighted by atomic mass is 10.00. The van der Waals surface area contributed by atoms with Crippen LogP contribution in [0.15, 0.2) is 76.9 Å². The Hall–Kier alpha value is -4.81. The Labute approximate surface area is 203 Å². The van der Waals surface area contributed by atoms with Crippen LogP contribution in [0.2, 0.25) is 0 Å². The number of rotatable bonds is 7. The highest BCUT2D eigenvalue weighted by Gasteiger charge is 2.24. The summed E-state index contributed by atoms with van der Waals surface area (Å²) in [5.41, 5.74) is 2.26. The Bertz CT molecular complexity index is 1520. The molecule has 2 aromatic heterocycles. The predicted molar refractivity (Wildman–Crippen MR) is 129 cm³/mol. The third kappa shape index (κ3) is 5.14. The summed E-state index contributed by atoms with van der Waals surface area (Å²) >= 11 is 0. The molecule has 4 N–H and O–H groups in total. The number of nitrogens with one attached hydrogen (secondary N) is 2. The number of nitrogens with zero attached hydrogens (tertiary/aromatic N) is 4. The van der Waals surface area contributed by atoms with Crippen molar-refractivity contribution in [2.75, 3.05) is 0 Å². The molecule has 0 fully saturated rings. The monoisotopic (exact) mass is 488 g/mol. The first-order valence-corrected chi connectivity index (χ1v) is 10.7. The molecule has 0 aliphatic carbocycles. The number of hydrazone groups is 1. The number of hydrogen-bond donors (Lipinski definition) is 4. The van der Waals surface area contributed by atoms with Crippen LogP contribution in [0.5, 0.6) is 0 Å². The topological polar surface area (TPSA) is 184 Å². The molecule has 1 amide bonds. The Balaban J connectivity index is 1.79. The van der Waals surface area contributed by atoms with Crippen LogP contribution >= 0.6 is 0 Å². The Morgan fingerprint density at radius 3 is 2.39 bits per heavy atom. The van der Waals surface area contributed by atoms with Crippen molar-refractivity contribution in [1.29, 1.82) is 0 Å². The highest BCUT2D eigenvalue weighted by atomic mass is 16.6. The number of carbonyl (C=O) groups excluding carboxylic acids is 1. The molecular weight excluding hydrogens is 468 g/mol. The molecule has 4 aromatic rings. The van der Waals surface area contributed by atoms with Crippen molar-refractivity contribution in [2.45, 2.75) is 19.1 Å². The quantitative estimate of drug-likeness (QED) is 0.173. The standard InChI is InChI=1S/C24H20N6O6/c1-13(31)14-2-4-15(5-3-14)22(32)20(28-29-23(33)16-8-10-25-11-9-16)21-24(34)27-19-12-17(30(35)36)6-7-18(19)26-21/h2-13,22,31-32H,1H3,(H,27,34)(H,29,33). The number of aliphatic hydroxyl groups excluding tert-OH is 2. The Morgan fingerprint density at radius 2 is 1.75 bits per heavy atom. The molecule has 182 valence electrons. The number of carbonyl (C=O) groups is 1. The summed E-state index contributed by atoms with van der Waals surface area (Å²) < 4.78 is 0. The fourth-order valence-electron chi connectivity index (χ4n) is 3.40. The van der Waals surface area contributed by atoms with E-state index in [2.05, 4.69) is 25.5 Å². The van der Waals surface area contributed by atoms with Crippen LogP contribution in [-0.4, -0.2) is 41.7 Å². The van der Waals surface area contributed by atoms with Crippen molar-refractivity contribution in [2.24, 2.45) is 5.10 Å². The molecule has 2 unspecified atom stereocenters. The number of amides is 1. The number of pyridine rings is 1. The van der Waals surface area contributed by atoms with Crippen LogP contribution in [0.25, 0.3) is 11.0 Å². The van der Waals surface area contributed by atoms with Crippen LogP contribution in [-0.2, 0) is 0 Å². The molecule has 0 bridgehead atoms. The van der Waals surface area contributed by atoms with E-state index in [1.807, 2.05) is 0 Å². The van der Waals surface area contributed by atoms with Crippen molar-refractivity contribution in [1.82, 2.24) is 20.4 Å².